The molecule has 2 heterocycles. The third-order valence-corrected chi connectivity index (χ3v) is 5.51. The lowest BCUT2D eigenvalue weighted by Crippen LogP contribution is -2.24. The number of amides is 1. The fraction of sp³-hybridized carbons (Fsp3) is 0.0357. The SMILES string of the molecule is O=C(/C=C/c1ccccc1)Nc1cccc(Cn2nc(-n3ccc4ccc(F)cc43)ccc2=O)c1. The molecule has 0 radical (unpaired) electrons. The molecule has 0 spiro atoms. The van der Waals surface area contributed by atoms with Crippen molar-refractivity contribution in [2.75, 3.05) is 5.32 Å². The van der Waals surface area contributed by atoms with Gasteiger partial charge in [0.15, 0.2) is 5.82 Å². The van der Waals surface area contributed by atoms with Crippen molar-refractivity contribution < 1.29 is 9.18 Å². The highest BCUT2D eigenvalue weighted by Crippen LogP contribution is 2.20. The van der Waals surface area contributed by atoms with Crippen LogP contribution in [0.3, 0.4) is 0 Å². The second-order valence-corrected chi connectivity index (χ2v) is 8.01. The summed E-state index contributed by atoms with van der Waals surface area (Å²) >= 11 is 0. The summed E-state index contributed by atoms with van der Waals surface area (Å²) in [5.74, 6) is -0.0982. The van der Waals surface area contributed by atoms with Crippen LogP contribution >= 0.6 is 0 Å². The van der Waals surface area contributed by atoms with Gasteiger partial charge in [0.2, 0.25) is 5.91 Å². The largest absolute Gasteiger partial charge is 0.323 e. The van der Waals surface area contributed by atoms with E-state index in [0.717, 1.165) is 16.5 Å². The molecule has 6 nitrogen and oxygen atoms in total. The number of fused-ring (bicyclic) bond motifs is 1. The average molecular weight is 465 g/mol. The highest BCUT2D eigenvalue weighted by Gasteiger charge is 2.09. The minimum atomic E-state index is -0.344. The molecule has 0 saturated heterocycles. The summed E-state index contributed by atoms with van der Waals surface area (Å²) in [4.78, 5) is 24.8. The maximum atomic E-state index is 13.8. The van der Waals surface area contributed by atoms with Crippen molar-refractivity contribution in [2.24, 2.45) is 0 Å². The minimum absolute atomic E-state index is 0.212. The second kappa shape index (κ2) is 9.61. The Morgan fingerprint density at radius 1 is 0.943 bits per heavy atom. The number of hydrogen-bond acceptors (Lipinski definition) is 3. The highest BCUT2D eigenvalue weighted by atomic mass is 19.1. The lowest BCUT2D eigenvalue weighted by molar-refractivity contribution is -0.111. The number of benzene rings is 3. The molecule has 0 aliphatic rings. The Labute approximate surface area is 200 Å². The lowest BCUT2D eigenvalue weighted by atomic mass is 10.2. The summed E-state index contributed by atoms with van der Waals surface area (Å²) in [6.45, 7) is 0.212. The Kier molecular flexibility index (Phi) is 6.05. The molecule has 0 atom stereocenters. The number of anilines is 1. The zero-order valence-electron chi connectivity index (χ0n) is 18.6. The van der Waals surface area contributed by atoms with Gasteiger partial charge in [0.05, 0.1) is 12.1 Å². The Hall–Kier alpha value is -4.78. The van der Waals surface area contributed by atoms with Crippen molar-refractivity contribution in [3.05, 3.63) is 131 Å². The van der Waals surface area contributed by atoms with E-state index in [-0.39, 0.29) is 23.8 Å². The van der Waals surface area contributed by atoms with Gasteiger partial charge in [-0.05, 0) is 59.7 Å². The van der Waals surface area contributed by atoms with E-state index in [1.165, 1.54) is 29.0 Å². The van der Waals surface area contributed by atoms with Gasteiger partial charge < -0.3 is 5.32 Å². The number of carbonyl (C=O) groups is 1. The van der Waals surface area contributed by atoms with Crippen LogP contribution in [0.4, 0.5) is 10.1 Å². The molecular weight excluding hydrogens is 443 g/mol. The molecule has 0 aliphatic carbocycles. The molecule has 172 valence electrons. The van der Waals surface area contributed by atoms with Crippen molar-refractivity contribution in [1.82, 2.24) is 14.3 Å². The van der Waals surface area contributed by atoms with Crippen molar-refractivity contribution in [2.45, 2.75) is 6.54 Å². The Morgan fingerprint density at radius 2 is 1.80 bits per heavy atom. The van der Waals surface area contributed by atoms with Gasteiger partial charge in [-0.3, -0.25) is 14.2 Å². The summed E-state index contributed by atoms with van der Waals surface area (Å²) in [6, 6.07) is 26.3. The van der Waals surface area contributed by atoms with Crippen molar-refractivity contribution in [1.29, 1.82) is 0 Å². The van der Waals surface area contributed by atoms with Crippen LogP contribution in [-0.4, -0.2) is 20.3 Å². The number of halogens is 1. The first kappa shape index (κ1) is 22.0. The Balaban J connectivity index is 1.35. The number of nitrogens with zero attached hydrogens (tertiary/aromatic N) is 3. The molecule has 5 rings (SSSR count). The first-order chi connectivity index (χ1) is 17.0. The van der Waals surface area contributed by atoms with Crippen LogP contribution < -0.4 is 10.9 Å². The minimum Gasteiger partial charge on any atom is -0.323 e. The molecule has 2 aromatic heterocycles. The number of nitrogens with one attached hydrogen (secondary N) is 1. The van der Waals surface area contributed by atoms with Crippen molar-refractivity contribution in [3.63, 3.8) is 0 Å². The molecular formula is C28H21FN4O2. The van der Waals surface area contributed by atoms with Gasteiger partial charge in [-0.25, -0.2) is 9.07 Å². The molecule has 1 amide bonds. The average Bonchev–Trinajstić information content (AvgIpc) is 3.28. The van der Waals surface area contributed by atoms with E-state index in [1.54, 1.807) is 41.1 Å². The maximum Gasteiger partial charge on any atom is 0.267 e. The number of rotatable bonds is 6. The summed E-state index contributed by atoms with van der Waals surface area (Å²) in [7, 11) is 0. The molecule has 0 bridgehead atoms. The van der Waals surface area contributed by atoms with Crippen LogP contribution in [0, 0.1) is 5.82 Å². The summed E-state index contributed by atoms with van der Waals surface area (Å²) in [5, 5.41) is 8.20. The lowest BCUT2D eigenvalue weighted by Gasteiger charge is -2.10. The van der Waals surface area contributed by atoms with E-state index in [9.17, 15) is 14.0 Å². The normalized spacial score (nSPS) is 11.2. The third kappa shape index (κ3) is 5.09. The fourth-order valence-corrected chi connectivity index (χ4v) is 3.82. The van der Waals surface area contributed by atoms with Gasteiger partial charge in [-0.1, -0.05) is 42.5 Å². The smallest absolute Gasteiger partial charge is 0.267 e. The number of hydrogen-bond donors (Lipinski definition) is 1. The zero-order chi connectivity index (χ0) is 24.2. The summed E-state index contributed by atoms with van der Waals surface area (Å²) < 4.78 is 16.9. The highest BCUT2D eigenvalue weighted by molar-refractivity contribution is 6.01. The van der Waals surface area contributed by atoms with E-state index in [4.69, 9.17) is 0 Å². The number of aromatic nitrogens is 3. The third-order valence-electron chi connectivity index (χ3n) is 5.51. The van der Waals surface area contributed by atoms with Crippen LogP contribution in [0.25, 0.3) is 22.8 Å². The van der Waals surface area contributed by atoms with E-state index in [1.807, 2.05) is 48.5 Å². The fourth-order valence-electron chi connectivity index (χ4n) is 3.82. The predicted molar refractivity (Wildman–Crippen MR) is 135 cm³/mol. The Morgan fingerprint density at radius 3 is 2.66 bits per heavy atom. The van der Waals surface area contributed by atoms with E-state index < -0.39 is 0 Å². The monoisotopic (exact) mass is 464 g/mol. The quantitative estimate of drug-likeness (QED) is 0.359. The van der Waals surface area contributed by atoms with Gasteiger partial charge >= 0.3 is 0 Å². The first-order valence-corrected chi connectivity index (χ1v) is 11.0. The molecule has 7 heteroatoms. The molecule has 0 saturated carbocycles. The molecule has 0 unspecified atom stereocenters. The molecule has 5 aromatic rings. The molecule has 3 aromatic carbocycles. The molecule has 0 aliphatic heterocycles. The van der Waals surface area contributed by atoms with Gasteiger partial charge in [0, 0.05) is 29.4 Å². The summed E-state index contributed by atoms with van der Waals surface area (Å²) in [5.41, 5.74) is 2.74. The number of carbonyl (C=O) groups excluding carboxylic acids is 1. The van der Waals surface area contributed by atoms with Crippen LogP contribution in [0.1, 0.15) is 11.1 Å². The van der Waals surface area contributed by atoms with E-state index in [0.29, 0.717) is 17.0 Å². The zero-order valence-corrected chi connectivity index (χ0v) is 18.6. The summed E-state index contributed by atoms with van der Waals surface area (Å²) in [6.07, 6.45) is 5.01. The maximum absolute atomic E-state index is 13.8. The van der Waals surface area contributed by atoms with Gasteiger partial charge in [-0.15, -0.1) is 0 Å². The Bertz CT molecular complexity index is 1600. The van der Waals surface area contributed by atoms with Gasteiger partial charge in [-0.2, -0.15) is 5.10 Å². The van der Waals surface area contributed by atoms with E-state index in [2.05, 4.69) is 10.4 Å². The van der Waals surface area contributed by atoms with Gasteiger partial charge in [0.1, 0.15) is 5.82 Å². The van der Waals surface area contributed by atoms with Crippen molar-refractivity contribution in [3.8, 4) is 5.82 Å². The van der Waals surface area contributed by atoms with Crippen LogP contribution in [0.15, 0.2) is 108 Å². The standard InChI is InChI=1S/C28H21FN4O2/c29-23-11-10-22-15-16-32(25(22)18-23)26-12-14-28(35)33(31-26)19-21-7-4-8-24(17-21)30-27(34)13-9-20-5-2-1-3-6-20/h1-18H,19H2,(H,30,34)/b13-9+. The van der Waals surface area contributed by atoms with E-state index >= 15 is 0 Å². The molecule has 1 N–H and O–H groups in total. The topological polar surface area (TPSA) is 68.9 Å². The van der Waals surface area contributed by atoms with Gasteiger partial charge in [0.25, 0.3) is 5.56 Å². The first-order valence-electron chi connectivity index (χ1n) is 11.0. The predicted octanol–water partition coefficient (Wildman–Crippen LogP) is 5.03. The molecule has 0 fully saturated rings. The second-order valence-electron chi connectivity index (χ2n) is 8.01. The van der Waals surface area contributed by atoms with Crippen molar-refractivity contribution >= 4 is 28.6 Å². The van der Waals surface area contributed by atoms with Crippen LogP contribution in [0.2, 0.25) is 0 Å². The van der Waals surface area contributed by atoms with Crippen LogP contribution in [0.5, 0.6) is 0 Å². The molecule has 35 heavy (non-hydrogen) atoms. The van der Waals surface area contributed by atoms with Crippen LogP contribution in [-0.2, 0) is 11.3 Å².